The lowest BCUT2D eigenvalue weighted by atomic mass is 9.96. The monoisotopic (exact) mass is 290 g/mol. The minimum absolute atomic E-state index is 0.0148. The molecule has 0 unspecified atom stereocenters. The zero-order chi connectivity index (χ0) is 15.7. The van der Waals surface area contributed by atoms with E-state index in [0.717, 1.165) is 0 Å². The van der Waals surface area contributed by atoms with E-state index in [0.29, 0.717) is 11.1 Å². The van der Waals surface area contributed by atoms with Gasteiger partial charge in [-0.25, -0.2) is 4.79 Å². The van der Waals surface area contributed by atoms with Crippen molar-refractivity contribution in [3.8, 4) is 34.1 Å². The minimum Gasteiger partial charge on any atom is -0.504 e. The molecule has 0 atom stereocenters. The van der Waals surface area contributed by atoms with E-state index in [9.17, 15) is 20.1 Å². The first-order chi connectivity index (χ1) is 9.88. The van der Waals surface area contributed by atoms with Crippen molar-refractivity contribution in [1.29, 1.82) is 0 Å². The summed E-state index contributed by atoms with van der Waals surface area (Å²) >= 11 is 0. The third-order valence-electron chi connectivity index (χ3n) is 3.22. The number of methoxy groups -OCH3 is 1. The van der Waals surface area contributed by atoms with Gasteiger partial charge in [-0.15, -0.1) is 0 Å². The average molecular weight is 290 g/mol. The fraction of sp³-hybridized carbons (Fsp3) is 0.133. The average Bonchev–Trinajstić information content (AvgIpc) is 2.46. The molecule has 0 aliphatic heterocycles. The van der Waals surface area contributed by atoms with Crippen LogP contribution in [-0.4, -0.2) is 33.5 Å². The number of hydrogen-bond acceptors (Lipinski definition) is 5. The Bertz CT molecular complexity index is 721. The summed E-state index contributed by atoms with van der Waals surface area (Å²) in [6.45, 7) is 1.58. The summed E-state index contributed by atoms with van der Waals surface area (Å²) in [6.07, 6.45) is 0. The Morgan fingerprint density at radius 1 is 1.10 bits per heavy atom. The summed E-state index contributed by atoms with van der Waals surface area (Å²) < 4.78 is 5.01. The number of hydrogen-bond donors (Lipinski definition) is 4. The van der Waals surface area contributed by atoms with E-state index in [-0.39, 0.29) is 16.9 Å². The number of ether oxygens (including phenoxy) is 1. The highest BCUT2D eigenvalue weighted by Gasteiger charge is 2.23. The van der Waals surface area contributed by atoms with Crippen LogP contribution >= 0.6 is 0 Å². The van der Waals surface area contributed by atoms with E-state index < -0.39 is 23.2 Å². The number of rotatable bonds is 3. The largest absolute Gasteiger partial charge is 0.504 e. The highest BCUT2D eigenvalue weighted by molar-refractivity contribution is 5.91. The Hall–Kier alpha value is -2.89. The number of aromatic carboxylic acids is 1. The topological polar surface area (TPSA) is 107 Å². The number of benzene rings is 2. The van der Waals surface area contributed by atoms with Gasteiger partial charge in [0.25, 0.3) is 0 Å². The molecule has 0 aliphatic carbocycles. The van der Waals surface area contributed by atoms with Crippen molar-refractivity contribution < 1.29 is 30.0 Å². The van der Waals surface area contributed by atoms with Gasteiger partial charge in [0.2, 0.25) is 11.5 Å². The van der Waals surface area contributed by atoms with Crippen LogP contribution < -0.4 is 4.74 Å². The van der Waals surface area contributed by atoms with Gasteiger partial charge in [0.1, 0.15) is 0 Å². The van der Waals surface area contributed by atoms with Crippen LogP contribution in [0.1, 0.15) is 15.9 Å². The molecule has 0 amide bonds. The molecule has 0 heterocycles. The summed E-state index contributed by atoms with van der Waals surface area (Å²) in [5.41, 5.74) is 1.01. The summed E-state index contributed by atoms with van der Waals surface area (Å²) in [6, 6.07) is 5.88. The summed E-state index contributed by atoms with van der Waals surface area (Å²) in [5.74, 6) is -2.91. The van der Waals surface area contributed by atoms with Gasteiger partial charge in [-0.05, 0) is 24.6 Å². The van der Waals surface area contributed by atoms with Crippen molar-refractivity contribution in [2.45, 2.75) is 6.92 Å². The molecule has 0 spiro atoms. The molecule has 2 rings (SSSR count). The Labute approximate surface area is 120 Å². The number of phenolic OH excluding ortho intramolecular Hbond substituents is 3. The van der Waals surface area contributed by atoms with Crippen molar-refractivity contribution >= 4 is 5.97 Å². The fourth-order valence-corrected chi connectivity index (χ4v) is 2.22. The third kappa shape index (κ3) is 2.31. The van der Waals surface area contributed by atoms with Crippen LogP contribution in [0, 0.1) is 6.92 Å². The molecule has 2 aromatic rings. The molecule has 0 fully saturated rings. The zero-order valence-electron chi connectivity index (χ0n) is 11.4. The minimum atomic E-state index is -1.11. The molecule has 0 aromatic heterocycles. The molecule has 0 bridgehead atoms. The Balaban J connectivity index is 2.78. The molecule has 110 valence electrons. The van der Waals surface area contributed by atoms with Gasteiger partial charge < -0.3 is 25.2 Å². The predicted octanol–water partition coefficient (Wildman–Crippen LogP) is 2.49. The lowest BCUT2D eigenvalue weighted by molar-refractivity contribution is 0.0697. The van der Waals surface area contributed by atoms with Gasteiger partial charge >= 0.3 is 5.97 Å². The molecule has 0 saturated carbocycles. The first-order valence-electron chi connectivity index (χ1n) is 6.03. The van der Waals surface area contributed by atoms with E-state index in [1.54, 1.807) is 13.0 Å². The molecule has 2 aromatic carbocycles. The van der Waals surface area contributed by atoms with Gasteiger partial charge in [-0.1, -0.05) is 12.1 Å². The molecular formula is C15H14O6. The maximum atomic E-state index is 11.0. The second kappa shape index (κ2) is 5.24. The first kappa shape index (κ1) is 14.5. The molecule has 21 heavy (non-hydrogen) atoms. The molecule has 6 heteroatoms. The Kier molecular flexibility index (Phi) is 3.62. The quantitative estimate of drug-likeness (QED) is 0.647. The van der Waals surface area contributed by atoms with Crippen LogP contribution in [0.3, 0.4) is 0 Å². The van der Waals surface area contributed by atoms with E-state index in [4.69, 9.17) is 9.84 Å². The lowest BCUT2D eigenvalue weighted by Crippen LogP contribution is -1.97. The fourth-order valence-electron chi connectivity index (χ4n) is 2.22. The molecule has 0 radical (unpaired) electrons. The summed E-state index contributed by atoms with van der Waals surface area (Å²) in [5, 5.41) is 38.6. The van der Waals surface area contributed by atoms with E-state index >= 15 is 0 Å². The number of phenols is 3. The SMILES string of the molecule is COc1c(C)c(-c2cccc(C(=O)O)c2)c(O)c(O)c1O. The maximum Gasteiger partial charge on any atom is 0.335 e. The van der Waals surface area contributed by atoms with Crippen molar-refractivity contribution in [3.05, 3.63) is 35.4 Å². The van der Waals surface area contributed by atoms with Crippen molar-refractivity contribution in [2.24, 2.45) is 0 Å². The van der Waals surface area contributed by atoms with Crippen LogP contribution in [0.15, 0.2) is 24.3 Å². The van der Waals surface area contributed by atoms with Crippen LogP contribution in [0.25, 0.3) is 11.1 Å². The highest BCUT2D eigenvalue weighted by atomic mass is 16.5. The van der Waals surface area contributed by atoms with Crippen LogP contribution in [-0.2, 0) is 0 Å². The number of carboxylic acids is 1. The smallest absolute Gasteiger partial charge is 0.335 e. The summed E-state index contributed by atoms with van der Waals surface area (Å²) in [7, 11) is 1.32. The van der Waals surface area contributed by atoms with Crippen molar-refractivity contribution in [1.82, 2.24) is 0 Å². The van der Waals surface area contributed by atoms with Crippen LogP contribution in [0.4, 0.5) is 0 Å². The normalized spacial score (nSPS) is 10.4. The van der Waals surface area contributed by atoms with Crippen LogP contribution in [0.5, 0.6) is 23.0 Å². The van der Waals surface area contributed by atoms with Gasteiger partial charge in [0.05, 0.1) is 12.7 Å². The second-order valence-electron chi connectivity index (χ2n) is 4.47. The number of aromatic hydroxyl groups is 3. The predicted molar refractivity (Wildman–Crippen MR) is 75.1 cm³/mol. The van der Waals surface area contributed by atoms with Crippen molar-refractivity contribution in [3.63, 3.8) is 0 Å². The Morgan fingerprint density at radius 2 is 1.76 bits per heavy atom. The first-order valence-corrected chi connectivity index (χ1v) is 6.03. The van der Waals surface area contributed by atoms with Gasteiger partial charge in [0, 0.05) is 11.1 Å². The van der Waals surface area contributed by atoms with E-state index in [2.05, 4.69) is 0 Å². The van der Waals surface area contributed by atoms with Crippen molar-refractivity contribution in [2.75, 3.05) is 7.11 Å². The zero-order valence-corrected chi connectivity index (χ0v) is 11.4. The summed E-state index contributed by atoms with van der Waals surface area (Å²) in [4.78, 5) is 11.0. The van der Waals surface area contributed by atoms with E-state index in [1.807, 2.05) is 0 Å². The maximum absolute atomic E-state index is 11.0. The number of carbonyl (C=O) groups is 1. The number of carboxylic acid groups (broad SMARTS) is 1. The third-order valence-corrected chi connectivity index (χ3v) is 3.22. The van der Waals surface area contributed by atoms with Gasteiger partial charge in [-0.3, -0.25) is 0 Å². The standard InChI is InChI=1S/C15H14O6/c1-7-10(8-4-3-5-9(6-8)15(19)20)11(16)12(17)13(18)14(7)21-2/h3-6,16-18H,1-2H3,(H,19,20). The molecule has 0 saturated heterocycles. The van der Waals surface area contributed by atoms with Gasteiger partial charge in [0.15, 0.2) is 11.5 Å². The molecular weight excluding hydrogens is 276 g/mol. The second-order valence-corrected chi connectivity index (χ2v) is 4.47. The molecule has 0 aliphatic rings. The lowest BCUT2D eigenvalue weighted by Gasteiger charge is -2.16. The molecule has 6 nitrogen and oxygen atoms in total. The van der Waals surface area contributed by atoms with Gasteiger partial charge in [-0.2, -0.15) is 0 Å². The molecule has 4 N–H and O–H groups in total. The van der Waals surface area contributed by atoms with Crippen LogP contribution in [0.2, 0.25) is 0 Å². The van der Waals surface area contributed by atoms with E-state index in [1.165, 1.54) is 25.3 Å². The Morgan fingerprint density at radius 3 is 2.33 bits per heavy atom. The highest BCUT2D eigenvalue weighted by Crippen LogP contribution is 2.51.